The van der Waals surface area contributed by atoms with Crippen molar-refractivity contribution < 1.29 is 9.47 Å². The molecule has 0 aliphatic rings. The van der Waals surface area contributed by atoms with E-state index in [1.54, 1.807) is 21.3 Å². The molecule has 0 saturated carbocycles. The highest BCUT2D eigenvalue weighted by Crippen LogP contribution is 2.22. The highest BCUT2D eigenvalue weighted by atomic mass is 127. The molecule has 0 heterocycles. The standard InChI is InChI=1S/C14H22ClN3O2.HI/c1-16-14(18-8-9-19-2)17-7-6-11-4-5-12(20-3)10-13(11)15;/h4-5,10H,6-9H2,1-3H3,(H2,16,17,18);1H. The van der Waals surface area contributed by atoms with Crippen LogP contribution in [0.5, 0.6) is 5.75 Å². The Hall–Kier alpha value is -0.730. The number of nitrogens with one attached hydrogen (secondary N) is 2. The average molecular weight is 428 g/mol. The molecule has 7 heteroatoms. The third-order valence-corrected chi connectivity index (χ3v) is 3.12. The first-order valence-corrected chi connectivity index (χ1v) is 6.85. The molecule has 2 N–H and O–H groups in total. The van der Waals surface area contributed by atoms with Crippen LogP contribution in [0.3, 0.4) is 0 Å². The van der Waals surface area contributed by atoms with Gasteiger partial charge in [0, 0.05) is 32.3 Å². The molecule has 0 saturated heterocycles. The molecule has 0 aromatic heterocycles. The van der Waals surface area contributed by atoms with Gasteiger partial charge in [-0.05, 0) is 24.1 Å². The molecular weight excluding hydrogens is 405 g/mol. The maximum atomic E-state index is 6.19. The van der Waals surface area contributed by atoms with E-state index in [2.05, 4.69) is 15.6 Å². The highest BCUT2D eigenvalue weighted by molar-refractivity contribution is 14.0. The molecule has 0 atom stereocenters. The van der Waals surface area contributed by atoms with E-state index in [1.807, 2.05) is 18.2 Å². The summed E-state index contributed by atoms with van der Waals surface area (Å²) < 4.78 is 10.1. The molecule has 1 aromatic carbocycles. The van der Waals surface area contributed by atoms with E-state index in [9.17, 15) is 0 Å². The van der Waals surface area contributed by atoms with Crippen LogP contribution in [0, 0.1) is 0 Å². The Labute approximate surface area is 148 Å². The van der Waals surface area contributed by atoms with Gasteiger partial charge in [-0.15, -0.1) is 24.0 Å². The van der Waals surface area contributed by atoms with Gasteiger partial charge in [0.2, 0.25) is 0 Å². The lowest BCUT2D eigenvalue weighted by Crippen LogP contribution is -2.39. The van der Waals surface area contributed by atoms with Crippen LogP contribution in [0.15, 0.2) is 23.2 Å². The summed E-state index contributed by atoms with van der Waals surface area (Å²) in [6.45, 7) is 2.11. The van der Waals surface area contributed by atoms with Gasteiger partial charge in [0.15, 0.2) is 5.96 Å². The van der Waals surface area contributed by atoms with Gasteiger partial charge >= 0.3 is 0 Å². The Morgan fingerprint density at radius 3 is 2.52 bits per heavy atom. The van der Waals surface area contributed by atoms with Crippen LogP contribution >= 0.6 is 35.6 Å². The van der Waals surface area contributed by atoms with Crippen LogP contribution in [0.4, 0.5) is 0 Å². The predicted octanol–water partition coefficient (Wildman–Crippen LogP) is 2.32. The average Bonchev–Trinajstić information content (AvgIpc) is 2.47. The lowest BCUT2D eigenvalue weighted by molar-refractivity contribution is 0.203. The fourth-order valence-corrected chi connectivity index (χ4v) is 1.93. The van der Waals surface area contributed by atoms with E-state index in [4.69, 9.17) is 21.1 Å². The van der Waals surface area contributed by atoms with Crippen molar-refractivity contribution in [1.82, 2.24) is 10.6 Å². The van der Waals surface area contributed by atoms with Gasteiger partial charge in [0.25, 0.3) is 0 Å². The number of halogens is 2. The largest absolute Gasteiger partial charge is 0.497 e. The number of methoxy groups -OCH3 is 2. The summed E-state index contributed by atoms with van der Waals surface area (Å²) >= 11 is 6.19. The second-order valence-corrected chi connectivity index (χ2v) is 4.53. The lowest BCUT2D eigenvalue weighted by Gasteiger charge is -2.12. The first-order valence-electron chi connectivity index (χ1n) is 6.47. The number of guanidine groups is 1. The van der Waals surface area contributed by atoms with Gasteiger partial charge in [-0.25, -0.2) is 0 Å². The number of rotatable bonds is 7. The van der Waals surface area contributed by atoms with Gasteiger partial charge in [-0.3, -0.25) is 4.99 Å². The van der Waals surface area contributed by atoms with E-state index in [0.29, 0.717) is 11.6 Å². The van der Waals surface area contributed by atoms with Crippen molar-refractivity contribution in [1.29, 1.82) is 0 Å². The number of ether oxygens (including phenoxy) is 2. The lowest BCUT2D eigenvalue weighted by atomic mass is 10.1. The highest BCUT2D eigenvalue weighted by Gasteiger charge is 2.03. The zero-order valence-electron chi connectivity index (χ0n) is 12.6. The summed E-state index contributed by atoms with van der Waals surface area (Å²) in [5.74, 6) is 1.52. The molecule has 0 aliphatic carbocycles. The minimum absolute atomic E-state index is 0. The molecule has 0 amide bonds. The maximum absolute atomic E-state index is 6.19. The Bertz CT molecular complexity index is 444. The third-order valence-electron chi connectivity index (χ3n) is 2.77. The zero-order valence-corrected chi connectivity index (χ0v) is 15.7. The Morgan fingerprint density at radius 2 is 1.95 bits per heavy atom. The summed E-state index contributed by atoms with van der Waals surface area (Å²) in [6, 6.07) is 5.71. The van der Waals surface area contributed by atoms with Gasteiger partial charge in [0.05, 0.1) is 13.7 Å². The van der Waals surface area contributed by atoms with Crippen LogP contribution < -0.4 is 15.4 Å². The van der Waals surface area contributed by atoms with E-state index >= 15 is 0 Å². The van der Waals surface area contributed by atoms with Crippen LogP contribution in [0.25, 0.3) is 0 Å². The van der Waals surface area contributed by atoms with E-state index in [1.165, 1.54) is 0 Å². The fraction of sp³-hybridized carbons (Fsp3) is 0.500. The molecule has 0 fully saturated rings. The Balaban J connectivity index is 0.00000400. The van der Waals surface area contributed by atoms with Crippen molar-refractivity contribution in [3.63, 3.8) is 0 Å². The molecule has 0 spiro atoms. The Morgan fingerprint density at radius 1 is 1.24 bits per heavy atom. The van der Waals surface area contributed by atoms with E-state index < -0.39 is 0 Å². The second kappa shape index (κ2) is 11.9. The Kier molecular flexibility index (Phi) is 11.5. The van der Waals surface area contributed by atoms with E-state index in [0.717, 1.165) is 36.8 Å². The monoisotopic (exact) mass is 427 g/mol. The SMILES string of the molecule is CN=C(NCCOC)NCCc1ccc(OC)cc1Cl.I. The summed E-state index contributed by atoms with van der Waals surface area (Å²) in [6.07, 6.45) is 0.813. The molecule has 120 valence electrons. The summed E-state index contributed by atoms with van der Waals surface area (Å²) in [5, 5.41) is 7.09. The minimum Gasteiger partial charge on any atom is -0.497 e. The molecule has 0 unspecified atom stereocenters. The predicted molar refractivity (Wildman–Crippen MR) is 98.4 cm³/mol. The van der Waals surface area contributed by atoms with Crippen molar-refractivity contribution in [3.8, 4) is 5.75 Å². The summed E-state index contributed by atoms with van der Waals surface area (Å²) in [7, 11) is 5.04. The number of hydrogen-bond acceptors (Lipinski definition) is 3. The number of nitrogens with zero attached hydrogens (tertiary/aromatic N) is 1. The van der Waals surface area contributed by atoms with Crippen molar-refractivity contribution in [2.45, 2.75) is 6.42 Å². The quantitative estimate of drug-likeness (QED) is 0.303. The number of hydrogen-bond donors (Lipinski definition) is 2. The van der Waals surface area contributed by atoms with Gasteiger partial charge in [0.1, 0.15) is 5.75 Å². The fourth-order valence-electron chi connectivity index (χ4n) is 1.67. The van der Waals surface area contributed by atoms with Crippen LogP contribution in [0.2, 0.25) is 5.02 Å². The second-order valence-electron chi connectivity index (χ2n) is 4.13. The first-order chi connectivity index (χ1) is 9.71. The van der Waals surface area contributed by atoms with Crippen molar-refractivity contribution in [3.05, 3.63) is 28.8 Å². The molecule has 0 aliphatic heterocycles. The van der Waals surface area contributed by atoms with Crippen LogP contribution in [0.1, 0.15) is 5.56 Å². The summed E-state index contributed by atoms with van der Waals surface area (Å²) in [5.41, 5.74) is 1.08. The molecule has 1 aromatic rings. The van der Waals surface area contributed by atoms with Crippen molar-refractivity contribution in [2.75, 3.05) is 41.0 Å². The van der Waals surface area contributed by atoms with Crippen molar-refractivity contribution in [2.24, 2.45) is 4.99 Å². The number of benzene rings is 1. The van der Waals surface area contributed by atoms with E-state index in [-0.39, 0.29) is 24.0 Å². The zero-order chi connectivity index (χ0) is 14.8. The molecule has 21 heavy (non-hydrogen) atoms. The topological polar surface area (TPSA) is 54.9 Å². The van der Waals surface area contributed by atoms with Gasteiger partial charge in [-0.1, -0.05) is 17.7 Å². The smallest absolute Gasteiger partial charge is 0.191 e. The summed E-state index contributed by atoms with van der Waals surface area (Å²) in [4.78, 5) is 4.13. The van der Waals surface area contributed by atoms with Gasteiger partial charge in [-0.2, -0.15) is 0 Å². The molecule has 5 nitrogen and oxygen atoms in total. The number of aliphatic imine (C=N–C) groups is 1. The van der Waals surface area contributed by atoms with Crippen LogP contribution in [-0.4, -0.2) is 46.9 Å². The normalized spacial score (nSPS) is 10.8. The molecule has 1 rings (SSSR count). The van der Waals surface area contributed by atoms with Crippen molar-refractivity contribution >= 4 is 41.5 Å². The minimum atomic E-state index is 0. The molecular formula is C14H23ClIN3O2. The molecule has 0 bridgehead atoms. The molecule has 0 radical (unpaired) electrons. The van der Waals surface area contributed by atoms with Crippen LogP contribution in [-0.2, 0) is 11.2 Å². The maximum Gasteiger partial charge on any atom is 0.191 e. The third kappa shape index (κ3) is 7.73. The first kappa shape index (κ1) is 20.3. The van der Waals surface area contributed by atoms with Gasteiger partial charge < -0.3 is 20.1 Å².